The molecule has 136 valence electrons. The summed E-state index contributed by atoms with van der Waals surface area (Å²) < 4.78 is 25.0. The van der Waals surface area contributed by atoms with Crippen molar-refractivity contribution in [2.45, 2.75) is 38.8 Å². The maximum absolute atomic E-state index is 11.8. The number of fused-ring (bicyclic) bond motifs is 1. The van der Waals surface area contributed by atoms with E-state index < -0.39 is 10.0 Å². The van der Waals surface area contributed by atoms with Gasteiger partial charge in [0.2, 0.25) is 10.0 Å². The second kappa shape index (κ2) is 6.37. The average Bonchev–Trinajstić information content (AvgIpc) is 2.51. The average molecular weight is 383 g/mol. The van der Waals surface area contributed by atoms with Crippen molar-refractivity contribution in [1.82, 2.24) is 14.3 Å². The first-order valence-electron chi connectivity index (χ1n) is 8.25. The highest BCUT2D eigenvalue weighted by atomic mass is 35.5. The molecule has 0 unspecified atom stereocenters. The molecule has 3 heterocycles. The lowest BCUT2D eigenvalue weighted by Crippen LogP contribution is -2.65. The molecule has 0 aromatic carbocycles. The molecule has 0 saturated carbocycles. The Balaban J connectivity index is 2.00. The van der Waals surface area contributed by atoms with Crippen molar-refractivity contribution in [3.05, 3.63) is 29.3 Å². The predicted octanol–water partition coefficient (Wildman–Crippen LogP) is 2.88. The Kier molecular flexibility index (Phi) is 4.68. The first-order chi connectivity index (χ1) is 11.6. The van der Waals surface area contributed by atoms with Crippen molar-refractivity contribution in [2.75, 3.05) is 24.7 Å². The first-order valence-corrected chi connectivity index (χ1v) is 10.5. The van der Waals surface area contributed by atoms with Crippen LogP contribution in [0.2, 0.25) is 5.15 Å². The highest BCUT2D eigenvalue weighted by Crippen LogP contribution is 2.37. The van der Waals surface area contributed by atoms with E-state index in [1.165, 1.54) is 10.6 Å². The molecule has 0 aliphatic carbocycles. The molecule has 2 aromatic heterocycles. The number of anilines is 1. The summed E-state index contributed by atoms with van der Waals surface area (Å²) >= 11 is 6.09. The summed E-state index contributed by atoms with van der Waals surface area (Å²) in [4.78, 5) is 11.0. The zero-order valence-corrected chi connectivity index (χ0v) is 16.6. The van der Waals surface area contributed by atoms with Gasteiger partial charge in [-0.25, -0.2) is 13.4 Å². The summed E-state index contributed by atoms with van der Waals surface area (Å²) in [5, 5.41) is 2.44. The summed E-state index contributed by atoms with van der Waals surface area (Å²) in [6, 6.07) is 1.87. The van der Waals surface area contributed by atoms with Gasteiger partial charge in [0.1, 0.15) is 5.15 Å². The molecule has 8 heteroatoms. The van der Waals surface area contributed by atoms with Crippen LogP contribution >= 0.6 is 11.6 Å². The maximum atomic E-state index is 11.8. The number of sulfonamides is 1. The molecule has 1 fully saturated rings. The van der Waals surface area contributed by atoms with Gasteiger partial charge in [-0.05, 0) is 18.9 Å². The minimum absolute atomic E-state index is 0.0462. The standard InChI is InChI=1S/C17H23ClN4O2S/c1-10(2)17-12-6-16(18)19-7-13(12)14(8-20-17)22-9-15(11(22)3)21(4)25(5,23)24/h6-8,10-11,15H,9H2,1-5H3/t11-,15+/m1/s1. The quantitative estimate of drug-likeness (QED) is 0.760. The van der Waals surface area contributed by atoms with E-state index in [1.807, 2.05) is 19.2 Å². The number of likely N-dealkylation sites (N-methyl/N-ethyl adjacent to an activating group) is 1. The number of hydrogen-bond donors (Lipinski definition) is 0. The molecule has 2 aromatic rings. The molecule has 0 spiro atoms. The smallest absolute Gasteiger partial charge is 0.211 e. The summed E-state index contributed by atoms with van der Waals surface area (Å²) in [5.41, 5.74) is 1.95. The summed E-state index contributed by atoms with van der Waals surface area (Å²) in [6.07, 6.45) is 4.88. The van der Waals surface area contributed by atoms with Gasteiger partial charge < -0.3 is 4.90 Å². The monoisotopic (exact) mass is 382 g/mol. The van der Waals surface area contributed by atoms with Crippen molar-refractivity contribution >= 4 is 38.1 Å². The number of rotatable bonds is 4. The van der Waals surface area contributed by atoms with E-state index in [2.05, 4.69) is 28.7 Å². The van der Waals surface area contributed by atoms with E-state index in [0.29, 0.717) is 11.7 Å². The summed E-state index contributed by atoms with van der Waals surface area (Å²) in [7, 11) is -1.57. The van der Waals surface area contributed by atoms with Gasteiger partial charge in [-0.15, -0.1) is 0 Å². The van der Waals surface area contributed by atoms with Crippen LogP contribution in [-0.2, 0) is 10.0 Å². The lowest BCUT2D eigenvalue weighted by Gasteiger charge is -2.50. The molecule has 6 nitrogen and oxygen atoms in total. The van der Waals surface area contributed by atoms with Crippen LogP contribution in [0.4, 0.5) is 5.69 Å². The molecule has 25 heavy (non-hydrogen) atoms. The molecule has 0 radical (unpaired) electrons. The molecule has 0 N–H and O–H groups in total. The lowest BCUT2D eigenvalue weighted by atomic mass is 9.95. The van der Waals surface area contributed by atoms with E-state index in [9.17, 15) is 8.42 Å². The van der Waals surface area contributed by atoms with Crippen LogP contribution in [0.25, 0.3) is 10.8 Å². The van der Waals surface area contributed by atoms with Gasteiger partial charge in [0, 0.05) is 36.6 Å². The maximum Gasteiger partial charge on any atom is 0.211 e. The molecular formula is C17H23ClN4O2S. The van der Waals surface area contributed by atoms with Crippen molar-refractivity contribution in [3.8, 4) is 0 Å². The lowest BCUT2D eigenvalue weighted by molar-refractivity contribution is 0.251. The Morgan fingerprint density at radius 2 is 1.96 bits per heavy atom. The number of pyridine rings is 2. The van der Waals surface area contributed by atoms with Crippen molar-refractivity contribution in [2.24, 2.45) is 0 Å². The van der Waals surface area contributed by atoms with Crippen LogP contribution in [0.1, 0.15) is 32.4 Å². The molecule has 2 atom stereocenters. The topological polar surface area (TPSA) is 66.4 Å². The second-order valence-corrected chi connectivity index (χ2v) is 9.40. The Labute approximate surface area is 153 Å². The third-order valence-corrected chi connectivity index (χ3v) is 6.55. The van der Waals surface area contributed by atoms with Crippen molar-refractivity contribution in [3.63, 3.8) is 0 Å². The zero-order chi connectivity index (χ0) is 18.5. The molecule has 3 rings (SSSR count). The van der Waals surface area contributed by atoms with Gasteiger partial charge >= 0.3 is 0 Å². The molecule has 1 aliphatic heterocycles. The molecule has 1 aliphatic rings. The van der Waals surface area contributed by atoms with Crippen LogP contribution in [0.5, 0.6) is 0 Å². The SMILES string of the molecule is CC(C)c1ncc(N2C[C@H](N(C)S(C)(=O)=O)[C@H]2C)c2cnc(Cl)cc12. The van der Waals surface area contributed by atoms with Crippen LogP contribution in [0.3, 0.4) is 0 Å². The Morgan fingerprint density at radius 1 is 1.28 bits per heavy atom. The Bertz CT molecular complexity index is 916. The number of halogens is 1. The fourth-order valence-electron chi connectivity index (χ4n) is 3.38. The fraction of sp³-hybridized carbons (Fsp3) is 0.529. The van der Waals surface area contributed by atoms with Crippen LogP contribution in [0.15, 0.2) is 18.5 Å². The number of aromatic nitrogens is 2. The normalized spacial score (nSPS) is 21.2. The number of hydrogen-bond acceptors (Lipinski definition) is 5. The van der Waals surface area contributed by atoms with Crippen molar-refractivity contribution in [1.29, 1.82) is 0 Å². The van der Waals surface area contributed by atoms with E-state index >= 15 is 0 Å². The van der Waals surface area contributed by atoms with Crippen molar-refractivity contribution < 1.29 is 8.42 Å². The van der Waals surface area contributed by atoms with E-state index in [1.54, 1.807) is 13.2 Å². The van der Waals surface area contributed by atoms with Gasteiger partial charge in [-0.3, -0.25) is 4.98 Å². The third-order valence-electron chi connectivity index (χ3n) is 5.03. The number of nitrogens with zero attached hydrogens (tertiary/aromatic N) is 4. The van der Waals surface area contributed by atoms with Crippen LogP contribution in [0, 0.1) is 0 Å². The minimum atomic E-state index is -3.21. The summed E-state index contributed by atoms with van der Waals surface area (Å²) in [5.74, 6) is 0.271. The van der Waals surface area contributed by atoms with E-state index in [0.717, 1.165) is 22.2 Å². The van der Waals surface area contributed by atoms with E-state index in [4.69, 9.17) is 11.6 Å². The molecule has 1 saturated heterocycles. The fourth-order valence-corrected chi connectivity index (χ4v) is 4.27. The Morgan fingerprint density at radius 3 is 2.52 bits per heavy atom. The highest BCUT2D eigenvalue weighted by Gasteiger charge is 2.42. The first kappa shape index (κ1) is 18.4. The molecule has 0 amide bonds. The zero-order valence-electron chi connectivity index (χ0n) is 15.1. The van der Waals surface area contributed by atoms with Crippen LogP contribution in [-0.4, -0.2) is 54.6 Å². The van der Waals surface area contributed by atoms with Gasteiger partial charge in [-0.1, -0.05) is 25.4 Å². The highest BCUT2D eigenvalue weighted by molar-refractivity contribution is 7.88. The summed E-state index contributed by atoms with van der Waals surface area (Å²) in [6.45, 7) is 6.85. The van der Waals surface area contributed by atoms with Gasteiger partial charge in [-0.2, -0.15) is 4.31 Å². The van der Waals surface area contributed by atoms with Gasteiger partial charge in [0.05, 0.1) is 29.9 Å². The van der Waals surface area contributed by atoms with E-state index in [-0.39, 0.29) is 18.0 Å². The second-order valence-electron chi connectivity index (χ2n) is 6.98. The largest absolute Gasteiger partial charge is 0.364 e. The third kappa shape index (κ3) is 3.20. The van der Waals surface area contributed by atoms with Crippen LogP contribution < -0.4 is 4.90 Å². The predicted molar refractivity (Wildman–Crippen MR) is 102 cm³/mol. The molecule has 0 bridgehead atoms. The van der Waals surface area contributed by atoms with Gasteiger partial charge in [0.25, 0.3) is 0 Å². The Hall–Kier alpha value is -1.44. The molecular weight excluding hydrogens is 360 g/mol. The minimum Gasteiger partial charge on any atom is -0.364 e. The van der Waals surface area contributed by atoms with Gasteiger partial charge in [0.15, 0.2) is 0 Å².